The van der Waals surface area contributed by atoms with Crippen LogP contribution in [0.25, 0.3) is 10.2 Å². The van der Waals surface area contributed by atoms with Crippen LogP contribution in [0.5, 0.6) is 5.75 Å². The third kappa shape index (κ3) is 4.11. The van der Waals surface area contributed by atoms with Gasteiger partial charge in [-0.05, 0) is 30.3 Å². The number of carbonyl (C=O) groups is 3. The minimum absolute atomic E-state index is 0.104. The molecule has 0 aliphatic carbocycles. The Labute approximate surface area is 176 Å². The van der Waals surface area contributed by atoms with E-state index in [0.29, 0.717) is 28.8 Å². The molecular formula is C21H20N4O4S. The number of hydrogen-bond donors (Lipinski definition) is 2. The number of methoxy groups -OCH3 is 1. The highest BCUT2D eigenvalue weighted by atomic mass is 32.1. The molecule has 1 atom stereocenters. The van der Waals surface area contributed by atoms with Crippen LogP contribution in [0.15, 0.2) is 42.5 Å². The van der Waals surface area contributed by atoms with Gasteiger partial charge in [-0.25, -0.2) is 4.98 Å². The van der Waals surface area contributed by atoms with E-state index in [4.69, 9.17) is 4.74 Å². The molecule has 9 heteroatoms. The number of carbonyl (C=O) groups excluding carboxylic acids is 3. The van der Waals surface area contributed by atoms with Crippen LogP contribution < -0.4 is 20.3 Å². The molecule has 3 aromatic rings. The molecule has 3 amide bonds. The van der Waals surface area contributed by atoms with Gasteiger partial charge in [-0.1, -0.05) is 17.4 Å². The molecule has 2 heterocycles. The number of aromatic nitrogens is 1. The van der Waals surface area contributed by atoms with E-state index in [9.17, 15) is 14.4 Å². The maximum Gasteiger partial charge on any atom is 0.231 e. The standard InChI is InChI=1S/C21H20N4O4S/c1-12(26)22-14-6-7-17-18(9-14)30-21(23-17)24-20(28)13-8-19(27)25(11-13)15-4-3-5-16(10-15)29-2/h3-7,9-10,13H,8,11H2,1-2H3,(H,22,26)(H,23,24,28). The molecule has 1 saturated heterocycles. The number of nitrogens with zero attached hydrogens (tertiary/aromatic N) is 2. The molecule has 8 nitrogen and oxygen atoms in total. The average Bonchev–Trinajstić information content (AvgIpc) is 3.30. The molecule has 1 aromatic heterocycles. The minimum atomic E-state index is -0.467. The topological polar surface area (TPSA) is 101 Å². The number of hydrogen-bond acceptors (Lipinski definition) is 6. The lowest BCUT2D eigenvalue weighted by Crippen LogP contribution is -2.28. The van der Waals surface area contributed by atoms with Gasteiger partial charge in [0, 0.05) is 37.3 Å². The molecule has 0 saturated carbocycles. The molecule has 2 aromatic carbocycles. The largest absolute Gasteiger partial charge is 0.497 e. The number of fused-ring (bicyclic) bond motifs is 1. The smallest absolute Gasteiger partial charge is 0.231 e. The van der Waals surface area contributed by atoms with Crippen LogP contribution in [-0.4, -0.2) is 36.4 Å². The molecule has 1 unspecified atom stereocenters. The number of benzene rings is 2. The van der Waals surface area contributed by atoms with Gasteiger partial charge in [0.05, 0.1) is 23.2 Å². The SMILES string of the molecule is COc1cccc(N2CC(C(=O)Nc3nc4ccc(NC(C)=O)cc4s3)CC2=O)c1. The molecule has 30 heavy (non-hydrogen) atoms. The van der Waals surface area contributed by atoms with Crippen molar-refractivity contribution >= 4 is 55.8 Å². The van der Waals surface area contributed by atoms with Crippen LogP contribution in [0.1, 0.15) is 13.3 Å². The Morgan fingerprint density at radius 3 is 2.80 bits per heavy atom. The Bertz CT molecular complexity index is 1140. The van der Waals surface area contributed by atoms with Crippen LogP contribution >= 0.6 is 11.3 Å². The molecular weight excluding hydrogens is 404 g/mol. The highest BCUT2D eigenvalue weighted by molar-refractivity contribution is 7.22. The lowest BCUT2D eigenvalue weighted by Gasteiger charge is -2.17. The van der Waals surface area contributed by atoms with E-state index in [0.717, 1.165) is 10.2 Å². The first-order chi connectivity index (χ1) is 14.4. The molecule has 1 fully saturated rings. The fourth-order valence-electron chi connectivity index (χ4n) is 3.38. The minimum Gasteiger partial charge on any atom is -0.497 e. The predicted molar refractivity (Wildman–Crippen MR) is 116 cm³/mol. The van der Waals surface area contributed by atoms with Crippen molar-refractivity contribution < 1.29 is 19.1 Å². The van der Waals surface area contributed by atoms with Crippen LogP contribution in [0.3, 0.4) is 0 Å². The second kappa shape index (κ2) is 8.11. The summed E-state index contributed by atoms with van der Waals surface area (Å²) in [5.74, 6) is -0.312. The number of nitrogens with one attached hydrogen (secondary N) is 2. The van der Waals surface area contributed by atoms with E-state index in [-0.39, 0.29) is 24.1 Å². The summed E-state index contributed by atoms with van der Waals surface area (Å²) in [5.41, 5.74) is 2.11. The Kier molecular flexibility index (Phi) is 5.37. The van der Waals surface area contributed by atoms with Crippen LogP contribution in [0.4, 0.5) is 16.5 Å². The van der Waals surface area contributed by atoms with Gasteiger partial charge in [0.2, 0.25) is 17.7 Å². The summed E-state index contributed by atoms with van der Waals surface area (Å²) in [6.45, 7) is 1.75. The highest BCUT2D eigenvalue weighted by Gasteiger charge is 2.35. The van der Waals surface area contributed by atoms with Crippen molar-refractivity contribution in [3.63, 3.8) is 0 Å². The molecule has 154 valence electrons. The molecule has 1 aliphatic rings. The average molecular weight is 424 g/mol. The molecule has 0 radical (unpaired) electrons. The van der Waals surface area contributed by atoms with Gasteiger partial charge < -0.3 is 20.3 Å². The number of ether oxygens (including phenoxy) is 1. The fraction of sp³-hybridized carbons (Fsp3) is 0.238. The Morgan fingerprint density at radius 2 is 2.03 bits per heavy atom. The third-order valence-electron chi connectivity index (χ3n) is 4.80. The normalized spacial score (nSPS) is 16.0. The maximum absolute atomic E-state index is 12.7. The maximum atomic E-state index is 12.7. The van der Waals surface area contributed by atoms with Crippen LogP contribution in [0, 0.1) is 5.92 Å². The van der Waals surface area contributed by atoms with Gasteiger partial charge in [0.1, 0.15) is 5.75 Å². The van der Waals surface area contributed by atoms with E-state index >= 15 is 0 Å². The van der Waals surface area contributed by atoms with E-state index in [2.05, 4.69) is 15.6 Å². The monoisotopic (exact) mass is 424 g/mol. The van der Waals surface area contributed by atoms with Crippen molar-refractivity contribution in [3.8, 4) is 5.75 Å². The third-order valence-corrected chi connectivity index (χ3v) is 5.73. The van der Waals surface area contributed by atoms with Crippen molar-refractivity contribution in [1.82, 2.24) is 4.98 Å². The summed E-state index contributed by atoms with van der Waals surface area (Å²) >= 11 is 1.32. The summed E-state index contributed by atoms with van der Waals surface area (Å²) in [6.07, 6.45) is 0.140. The van der Waals surface area contributed by atoms with Gasteiger partial charge in [-0.2, -0.15) is 0 Å². The first kappa shape index (κ1) is 19.8. The second-order valence-electron chi connectivity index (χ2n) is 6.98. The van der Waals surface area contributed by atoms with Crippen LogP contribution in [0.2, 0.25) is 0 Å². The highest BCUT2D eigenvalue weighted by Crippen LogP contribution is 2.31. The Balaban J connectivity index is 1.46. The van der Waals surface area contributed by atoms with E-state index in [1.165, 1.54) is 18.3 Å². The summed E-state index contributed by atoms with van der Waals surface area (Å²) in [5, 5.41) is 6.01. The van der Waals surface area contributed by atoms with Crippen molar-refractivity contribution in [2.24, 2.45) is 5.92 Å². The van der Waals surface area contributed by atoms with E-state index in [1.807, 2.05) is 18.2 Å². The van der Waals surface area contributed by atoms with Gasteiger partial charge in [0.15, 0.2) is 5.13 Å². The number of anilines is 3. The summed E-state index contributed by atoms with van der Waals surface area (Å²) < 4.78 is 6.06. The van der Waals surface area contributed by atoms with Crippen molar-refractivity contribution in [1.29, 1.82) is 0 Å². The molecule has 2 N–H and O–H groups in total. The number of rotatable bonds is 5. The quantitative estimate of drug-likeness (QED) is 0.655. The van der Waals surface area contributed by atoms with E-state index < -0.39 is 5.92 Å². The fourth-order valence-corrected chi connectivity index (χ4v) is 4.29. The molecule has 4 rings (SSSR count). The van der Waals surface area contributed by atoms with Crippen molar-refractivity contribution in [3.05, 3.63) is 42.5 Å². The van der Waals surface area contributed by atoms with Gasteiger partial charge in [-0.15, -0.1) is 0 Å². The van der Waals surface area contributed by atoms with Crippen LogP contribution in [-0.2, 0) is 14.4 Å². The molecule has 1 aliphatic heterocycles. The predicted octanol–water partition coefficient (Wildman–Crippen LogP) is 3.25. The zero-order valence-electron chi connectivity index (χ0n) is 16.5. The van der Waals surface area contributed by atoms with Crippen molar-refractivity contribution in [2.45, 2.75) is 13.3 Å². The van der Waals surface area contributed by atoms with Gasteiger partial charge in [0.25, 0.3) is 0 Å². The summed E-state index contributed by atoms with van der Waals surface area (Å²) in [4.78, 5) is 42.5. The first-order valence-corrected chi connectivity index (χ1v) is 10.2. The lowest BCUT2D eigenvalue weighted by molar-refractivity contribution is -0.122. The van der Waals surface area contributed by atoms with Gasteiger partial charge in [-0.3, -0.25) is 14.4 Å². The Hall–Kier alpha value is -3.46. The molecule has 0 bridgehead atoms. The van der Waals surface area contributed by atoms with E-state index in [1.54, 1.807) is 36.3 Å². The second-order valence-corrected chi connectivity index (χ2v) is 8.01. The summed E-state index contributed by atoms with van der Waals surface area (Å²) in [6, 6.07) is 12.6. The summed E-state index contributed by atoms with van der Waals surface area (Å²) in [7, 11) is 1.57. The zero-order chi connectivity index (χ0) is 21.3. The lowest BCUT2D eigenvalue weighted by atomic mass is 10.1. The first-order valence-electron chi connectivity index (χ1n) is 9.36. The zero-order valence-corrected chi connectivity index (χ0v) is 17.3. The van der Waals surface area contributed by atoms with Gasteiger partial charge >= 0.3 is 0 Å². The number of amides is 3. The number of thiazole rings is 1. The molecule has 0 spiro atoms. The Morgan fingerprint density at radius 1 is 1.20 bits per heavy atom. The van der Waals surface area contributed by atoms with Crippen molar-refractivity contribution in [2.75, 3.05) is 29.2 Å².